The van der Waals surface area contributed by atoms with Crippen molar-refractivity contribution >= 4 is 5.97 Å². The molecule has 1 rings (SSSR count). The smallest absolute Gasteiger partial charge is 0.331 e. The summed E-state index contributed by atoms with van der Waals surface area (Å²) >= 11 is 0. The van der Waals surface area contributed by atoms with Gasteiger partial charge in [-0.05, 0) is 12.8 Å². The predicted octanol–water partition coefficient (Wildman–Crippen LogP) is 1.13. The Morgan fingerprint density at radius 1 is 1.67 bits per heavy atom. The first-order valence-corrected chi connectivity index (χ1v) is 5.34. The third-order valence-corrected chi connectivity index (χ3v) is 2.81. The lowest BCUT2D eigenvalue weighted by molar-refractivity contribution is -0.132. The number of carboxylic acids is 1. The van der Waals surface area contributed by atoms with Gasteiger partial charge in [0.2, 0.25) is 0 Å². The molecule has 1 saturated heterocycles. The van der Waals surface area contributed by atoms with Crippen LogP contribution in [0.5, 0.6) is 0 Å². The van der Waals surface area contributed by atoms with Crippen molar-refractivity contribution in [3.63, 3.8) is 0 Å². The van der Waals surface area contributed by atoms with Crippen LogP contribution in [0.2, 0.25) is 0 Å². The number of hydrogen-bond acceptors (Lipinski definition) is 3. The van der Waals surface area contributed by atoms with E-state index in [1.807, 2.05) is 6.92 Å². The number of aliphatic carboxylic acids is 1. The molecule has 86 valence electrons. The zero-order valence-corrected chi connectivity index (χ0v) is 9.40. The summed E-state index contributed by atoms with van der Waals surface area (Å²) in [6.07, 6.45) is 3.74. The van der Waals surface area contributed by atoms with Crippen LogP contribution in [0.25, 0.3) is 0 Å². The molecule has 0 amide bonds. The maximum Gasteiger partial charge on any atom is 0.331 e. The number of methoxy groups -OCH3 is 1. The Morgan fingerprint density at radius 3 is 2.87 bits per heavy atom. The molecule has 0 aromatic carbocycles. The lowest BCUT2D eigenvalue weighted by Gasteiger charge is -2.13. The van der Waals surface area contributed by atoms with E-state index in [1.165, 1.54) is 0 Å². The Bertz CT molecular complexity index is 250. The summed E-state index contributed by atoms with van der Waals surface area (Å²) in [6, 6.07) is 0. The van der Waals surface area contributed by atoms with E-state index in [2.05, 4.69) is 4.90 Å². The van der Waals surface area contributed by atoms with Crippen molar-refractivity contribution in [2.24, 2.45) is 0 Å². The number of nitrogens with zero attached hydrogens (tertiary/aromatic N) is 1. The highest BCUT2D eigenvalue weighted by Crippen LogP contribution is 2.12. The monoisotopic (exact) mass is 213 g/mol. The van der Waals surface area contributed by atoms with Crippen molar-refractivity contribution < 1.29 is 14.6 Å². The molecular formula is C11H19NO3. The van der Waals surface area contributed by atoms with Crippen LogP contribution in [0.1, 0.15) is 19.8 Å². The zero-order valence-electron chi connectivity index (χ0n) is 9.40. The van der Waals surface area contributed by atoms with Crippen molar-refractivity contribution in [1.29, 1.82) is 0 Å². The van der Waals surface area contributed by atoms with Gasteiger partial charge in [-0.15, -0.1) is 0 Å². The van der Waals surface area contributed by atoms with Gasteiger partial charge in [0.05, 0.1) is 6.10 Å². The second kappa shape index (κ2) is 5.88. The number of carboxylic acid groups (broad SMARTS) is 1. The van der Waals surface area contributed by atoms with Gasteiger partial charge in [-0.1, -0.05) is 13.0 Å². The third kappa shape index (κ3) is 3.64. The van der Waals surface area contributed by atoms with Gasteiger partial charge in [0, 0.05) is 32.3 Å². The summed E-state index contributed by atoms with van der Waals surface area (Å²) in [5, 5.41) is 8.83. The molecule has 0 spiro atoms. The maximum absolute atomic E-state index is 10.7. The number of likely N-dealkylation sites (tertiary alicyclic amines) is 1. The molecule has 1 atom stereocenters. The van der Waals surface area contributed by atoms with Gasteiger partial charge in [-0.2, -0.15) is 0 Å². The second-order valence-corrected chi connectivity index (χ2v) is 3.79. The molecule has 0 saturated carbocycles. The molecule has 1 unspecified atom stereocenters. The van der Waals surface area contributed by atoms with Crippen LogP contribution in [0.4, 0.5) is 0 Å². The molecule has 4 nitrogen and oxygen atoms in total. The first-order valence-electron chi connectivity index (χ1n) is 5.34. The fourth-order valence-corrected chi connectivity index (χ4v) is 1.78. The molecule has 0 aliphatic carbocycles. The lowest BCUT2D eigenvalue weighted by atomic mass is 10.2. The van der Waals surface area contributed by atoms with E-state index in [1.54, 1.807) is 13.2 Å². The average molecular weight is 213 g/mol. The fraction of sp³-hybridized carbons (Fsp3) is 0.727. The summed E-state index contributed by atoms with van der Waals surface area (Å²) < 4.78 is 5.24. The molecule has 0 aromatic heterocycles. The highest BCUT2D eigenvalue weighted by molar-refractivity contribution is 5.86. The molecule has 1 N–H and O–H groups in total. The molecule has 1 heterocycles. The second-order valence-electron chi connectivity index (χ2n) is 3.79. The Labute approximate surface area is 90.5 Å². The van der Waals surface area contributed by atoms with Crippen LogP contribution in [0, 0.1) is 0 Å². The predicted molar refractivity (Wildman–Crippen MR) is 57.9 cm³/mol. The fourth-order valence-electron chi connectivity index (χ4n) is 1.78. The average Bonchev–Trinajstić information content (AvgIpc) is 2.66. The minimum Gasteiger partial charge on any atom is -0.478 e. The van der Waals surface area contributed by atoms with E-state index < -0.39 is 5.97 Å². The van der Waals surface area contributed by atoms with E-state index in [4.69, 9.17) is 9.84 Å². The number of ether oxygens (including phenoxy) is 1. The summed E-state index contributed by atoms with van der Waals surface area (Å²) in [4.78, 5) is 13.0. The van der Waals surface area contributed by atoms with Crippen LogP contribution >= 0.6 is 0 Å². The largest absolute Gasteiger partial charge is 0.478 e. The summed E-state index contributed by atoms with van der Waals surface area (Å²) in [5.41, 5.74) is 0.496. The highest BCUT2D eigenvalue weighted by atomic mass is 16.5. The van der Waals surface area contributed by atoms with Gasteiger partial charge in [0.1, 0.15) is 0 Å². The molecule has 15 heavy (non-hydrogen) atoms. The Kier molecular flexibility index (Phi) is 4.78. The van der Waals surface area contributed by atoms with Crippen molar-refractivity contribution in [3.05, 3.63) is 11.6 Å². The summed E-state index contributed by atoms with van der Waals surface area (Å²) in [5.74, 6) is -0.806. The molecule has 4 heteroatoms. The van der Waals surface area contributed by atoms with Crippen molar-refractivity contribution in [2.75, 3.05) is 26.7 Å². The number of rotatable bonds is 5. The number of carbonyl (C=O) groups is 1. The van der Waals surface area contributed by atoms with Gasteiger partial charge < -0.3 is 9.84 Å². The zero-order chi connectivity index (χ0) is 11.3. The van der Waals surface area contributed by atoms with E-state index in [0.29, 0.717) is 18.1 Å². The molecule has 1 fully saturated rings. The van der Waals surface area contributed by atoms with E-state index in [9.17, 15) is 4.79 Å². The summed E-state index contributed by atoms with van der Waals surface area (Å²) in [7, 11) is 1.72. The summed E-state index contributed by atoms with van der Waals surface area (Å²) in [6.45, 7) is 4.48. The minimum atomic E-state index is -0.806. The minimum absolute atomic E-state index is 0.313. The van der Waals surface area contributed by atoms with Crippen LogP contribution in [-0.4, -0.2) is 48.8 Å². The number of hydrogen-bond donors (Lipinski definition) is 1. The Hall–Kier alpha value is -0.870. The van der Waals surface area contributed by atoms with Crippen molar-refractivity contribution in [2.45, 2.75) is 25.9 Å². The van der Waals surface area contributed by atoms with Gasteiger partial charge in [-0.3, -0.25) is 4.90 Å². The normalized spacial score (nSPS) is 23.3. The van der Waals surface area contributed by atoms with Gasteiger partial charge in [0.15, 0.2) is 0 Å². The molecule has 0 aromatic rings. The van der Waals surface area contributed by atoms with Crippen LogP contribution in [-0.2, 0) is 9.53 Å². The van der Waals surface area contributed by atoms with E-state index in [0.717, 1.165) is 26.1 Å². The first kappa shape index (κ1) is 12.2. The Balaban J connectivity index is 2.39. The molecule has 0 radical (unpaired) electrons. The quantitative estimate of drug-likeness (QED) is 0.695. The van der Waals surface area contributed by atoms with E-state index in [-0.39, 0.29) is 0 Å². The van der Waals surface area contributed by atoms with Crippen LogP contribution in [0.3, 0.4) is 0 Å². The van der Waals surface area contributed by atoms with Gasteiger partial charge in [0.25, 0.3) is 0 Å². The molecule has 1 aliphatic heterocycles. The molecular weight excluding hydrogens is 194 g/mol. The van der Waals surface area contributed by atoms with E-state index >= 15 is 0 Å². The van der Waals surface area contributed by atoms with Crippen LogP contribution < -0.4 is 0 Å². The van der Waals surface area contributed by atoms with Gasteiger partial charge in [-0.25, -0.2) is 4.79 Å². The SMILES string of the molecule is CCC(=CCN1CCC(OC)C1)C(=O)O. The molecule has 1 aliphatic rings. The lowest BCUT2D eigenvalue weighted by Crippen LogP contribution is -2.23. The Morgan fingerprint density at radius 2 is 2.40 bits per heavy atom. The third-order valence-electron chi connectivity index (χ3n) is 2.81. The van der Waals surface area contributed by atoms with Crippen molar-refractivity contribution in [1.82, 2.24) is 4.90 Å². The van der Waals surface area contributed by atoms with Crippen molar-refractivity contribution in [3.8, 4) is 0 Å². The molecule has 0 bridgehead atoms. The standard InChI is InChI=1S/C11H19NO3/c1-3-9(11(13)14)4-6-12-7-5-10(8-12)15-2/h4,10H,3,5-8H2,1-2H3,(H,13,14). The topological polar surface area (TPSA) is 49.8 Å². The first-order chi connectivity index (χ1) is 7.17. The highest BCUT2D eigenvalue weighted by Gasteiger charge is 2.21. The van der Waals surface area contributed by atoms with Crippen LogP contribution in [0.15, 0.2) is 11.6 Å². The van der Waals surface area contributed by atoms with Gasteiger partial charge >= 0.3 is 5.97 Å². The maximum atomic E-state index is 10.7.